The van der Waals surface area contributed by atoms with Gasteiger partial charge in [-0.2, -0.15) is 0 Å². The average molecular weight is 257 g/mol. The van der Waals surface area contributed by atoms with Gasteiger partial charge in [0, 0.05) is 45.4 Å². The molecule has 0 saturated carbocycles. The van der Waals surface area contributed by atoms with E-state index in [4.69, 9.17) is 4.74 Å². The molecule has 1 rings (SSSR count). The van der Waals surface area contributed by atoms with Crippen LogP contribution in [0.2, 0.25) is 0 Å². The third-order valence-electron chi connectivity index (χ3n) is 3.62. The lowest BCUT2D eigenvalue weighted by molar-refractivity contribution is 0.104. The van der Waals surface area contributed by atoms with Crippen LogP contribution < -0.4 is 5.32 Å². The Morgan fingerprint density at radius 2 is 2.00 bits per heavy atom. The van der Waals surface area contributed by atoms with Crippen molar-refractivity contribution >= 4 is 0 Å². The number of nitrogens with zero attached hydrogens (tertiary/aromatic N) is 2. The van der Waals surface area contributed by atoms with E-state index in [9.17, 15) is 0 Å². The van der Waals surface area contributed by atoms with Gasteiger partial charge in [0.15, 0.2) is 0 Å². The van der Waals surface area contributed by atoms with Crippen LogP contribution in [-0.2, 0) is 4.74 Å². The molecule has 1 aliphatic heterocycles. The fraction of sp³-hybridized carbons (Fsp3) is 1.00. The number of rotatable bonds is 8. The lowest BCUT2D eigenvalue weighted by Crippen LogP contribution is -2.54. The quantitative estimate of drug-likeness (QED) is 0.654. The molecule has 4 nitrogen and oxygen atoms in total. The maximum absolute atomic E-state index is 5.60. The predicted octanol–water partition coefficient (Wildman–Crippen LogP) is 0.885. The largest absolute Gasteiger partial charge is 0.380 e. The second kappa shape index (κ2) is 8.86. The van der Waals surface area contributed by atoms with E-state index in [0.717, 1.165) is 45.2 Å². The van der Waals surface area contributed by atoms with Crippen LogP contribution in [0.4, 0.5) is 0 Å². The second-order valence-corrected chi connectivity index (χ2v) is 5.90. The molecule has 108 valence electrons. The number of piperazine rings is 1. The Balaban J connectivity index is 1.96. The summed E-state index contributed by atoms with van der Waals surface area (Å²) in [4.78, 5) is 4.86. The fourth-order valence-electron chi connectivity index (χ4n) is 2.16. The highest BCUT2D eigenvalue weighted by Gasteiger charge is 2.21. The Hall–Kier alpha value is -0.160. The van der Waals surface area contributed by atoms with Gasteiger partial charge < -0.3 is 15.0 Å². The molecule has 0 radical (unpaired) electrons. The summed E-state index contributed by atoms with van der Waals surface area (Å²) in [6.45, 7) is 11.7. The van der Waals surface area contributed by atoms with Crippen molar-refractivity contribution in [2.45, 2.75) is 26.3 Å². The van der Waals surface area contributed by atoms with E-state index < -0.39 is 0 Å². The second-order valence-electron chi connectivity index (χ2n) is 5.90. The SMILES string of the molecule is CC(C)CCOCCNCC1CN(C)CCN1C. The molecule has 18 heavy (non-hydrogen) atoms. The third-order valence-corrected chi connectivity index (χ3v) is 3.62. The highest BCUT2D eigenvalue weighted by molar-refractivity contribution is 4.80. The molecule has 1 saturated heterocycles. The van der Waals surface area contributed by atoms with Crippen LogP contribution in [0.5, 0.6) is 0 Å². The van der Waals surface area contributed by atoms with Crippen LogP contribution in [-0.4, -0.2) is 75.9 Å². The first-order valence-corrected chi connectivity index (χ1v) is 7.27. The Bertz CT molecular complexity index is 211. The van der Waals surface area contributed by atoms with Gasteiger partial charge in [-0.3, -0.25) is 4.90 Å². The lowest BCUT2D eigenvalue weighted by Gasteiger charge is -2.37. The normalized spacial score (nSPS) is 22.8. The molecule has 1 unspecified atom stereocenters. The van der Waals surface area contributed by atoms with E-state index in [1.54, 1.807) is 0 Å². The van der Waals surface area contributed by atoms with Gasteiger partial charge in [0.25, 0.3) is 0 Å². The standard InChI is InChI=1S/C14H31N3O/c1-13(2)5-9-18-10-6-15-11-14-12-16(3)7-8-17(14)4/h13-15H,5-12H2,1-4H3. The molecule has 0 aromatic carbocycles. The molecular weight excluding hydrogens is 226 g/mol. The lowest BCUT2D eigenvalue weighted by atomic mass is 10.1. The zero-order valence-corrected chi connectivity index (χ0v) is 12.6. The maximum Gasteiger partial charge on any atom is 0.0590 e. The Kier molecular flexibility index (Phi) is 7.82. The van der Waals surface area contributed by atoms with Gasteiger partial charge in [0.05, 0.1) is 6.61 Å². The number of nitrogens with one attached hydrogen (secondary N) is 1. The van der Waals surface area contributed by atoms with Gasteiger partial charge in [-0.1, -0.05) is 13.8 Å². The maximum atomic E-state index is 5.60. The van der Waals surface area contributed by atoms with E-state index in [-0.39, 0.29) is 0 Å². The summed E-state index contributed by atoms with van der Waals surface area (Å²) in [7, 11) is 4.42. The first-order chi connectivity index (χ1) is 8.59. The molecule has 0 aromatic heterocycles. The van der Waals surface area contributed by atoms with Crippen LogP contribution in [0, 0.1) is 5.92 Å². The first-order valence-electron chi connectivity index (χ1n) is 7.27. The van der Waals surface area contributed by atoms with Crippen molar-refractivity contribution < 1.29 is 4.74 Å². The number of likely N-dealkylation sites (N-methyl/N-ethyl adjacent to an activating group) is 2. The van der Waals surface area contributed by atoms with E-state index in [0.29, 0.717) is 6.04 Å². The van der Waals surface area contributed by atoms with E-state index in [1.165, 1.54) is 13.1 Å². The molecule has 1 aliphatic rings. The summed E-state index contributed by atoms with van der Waals surface area (Å²) in [5.74, 6) is 0.740. The van der Waals surface area contributed by atoms with E-state index in [1.807, 2.05) is 0 Å². The van der Waals surface area contributed by atoms with Crippen LogP contribution in [0.1, 0.15) is 20.3 Å². The van der Waals surface area contributed by atoms with Crippen molar-refractivity contribution in [3.8, 4) is 0 Å². The molecular formula is C14H31N3O. The minimum Gasteiger partial charge on any atom is -0.380 e. The number of ether oxygens (including phenoxy) is 1. The third kappa shape index (κ3) is 6.69. The molecule has 4 heteroatoms. The first kappa shape index (κ1) is 15.9. The summed E-state index contributed by atoms with van der Waals surface area (Å²) in [5.41, 5.74) is 0. The fourth-order valence-corrected chi connectivity index (χ4v) is 2.16. The molecule has 1 fully saturated rings. The van der Waals surface area contributed by atoms with Crippen molar-refractivity contribution in [3.63, 3.8) is 0 Å². The summed E-state index contributed by atoms with van der Waals surface area (Å²) in [6, 6.07) is 0.638. The Morgan fingerprint density at radius 3 is 2.72 bits per heavy atom. The summed E-state index contributed by atoms with van der Waals surface area (Å²) >= 11 is 0. The van der Waals surface area contributed by atoms with Crippen molar-refractivity contribution in [1.82, 2.24) is 15.1 Å². The van der Waals surface area contributed by atoms with Gasteiger partial charge in [0.1, 0.15) is 0 Å². The van der Waals surface area contributed by atoms with E-state index in [2.05, 4.69) is 43.1 Å². The minimum absolute atomic E-state index is 0.638. The van der Waals surface area contributed by atoms with Gasteiger partial charge in [-0.15, -0.1) is 0 Å². The Labute approximate surface area is 113 Å². The highest BCUT2D eigenvalue weighted by Crippen LogP contribution is 2.04. The smallest absolute Gasteiger partial charge is 0.0590 e. The summed E-state index contributed by atoms with van der Waals surface area (Å²) in [6.07, 6.45) is 1.16. The monoisotopic (exact) mass is 257 g/mol. The average Bonchev–Trinajstić information content (AvgIpc) is 2.32. The van der Waals surface area contributed by atoms with Crippen LogP contribution in [0.15, 0.2) is 0 Å². The highest BCUT2D eigenvalue weighted by atomic mass is 16.5. The zero-order valence-electron chi connectivity index (χ0n) is 12.6. The van der Waals surface area contributed by atoms with Crippen molar-refractivity contribution in [2.24, 2.45) is 5.92 Å². The van der Waals surface area contributed by atoms with Gasteiger partial charge in [-0.05, 0) is 26.4 Å². The molecule has 0 bridgehead atoms. The Morgan fingerprint density at radius 1 is 1.22 bits per heavy atom. The van der Waals surface area contributed by atoms with Gasteiger partial charge in [-0.25, -0.2) is 0 Å². The molecule has 1 N–H and O–H groups in total. The van der Waals surface area contributed by atoms with Crippen molar-refractivity contribution in [1.29, 1.82) is 0 Å². The summed E-state index contributed by atoms with van der Waals surface area (Å²) in [5, 5.41) is 3.50. The number of hydrogen-bond acceptors (Lipinski definition) is 4. The molecule has 0 spiro atoms. The van der Waals surface area contributed by atoms with Crippen LogP contribution in [0.25, 0.3) is 0 Å². The molecule has 0 amide bonds. The molecule has 0 aliphatic carbocycles. The predicted molar refractivity (Wildman–Crippen MR) is 77.1 cm³/mol. The zero-order chi connectivity index (χ0) is 13.4. The molecule has 1 heterocycles. The van der Waals surface area contributed by atoms with Crippen LogP contribution >= 0.6 is 0 Å². The number of hydrogen-bond donors (Lipinski definition) is 1. The van der Waals surface area contributed by atoms with Crippen LogP contribution in [0.3, 0.4) is 0 Å². The summed E-state index contributed by atoms with van der Waals surface area (Å²) < 4.78 is 5.60. The topological polar surface area (TPSA) is 27.7 Å². The van der Waals surface area contributed by atoms with Gasteiger partial charge in [0.2, 0.25) is 0 Å². The molecule has 1 atom stereocenters. The van der Waals surface area contributed by atoms with E-state index >= 15 is 0 Å². The minimum atomic E-state index is 0.638. The van der Waals surface area contributed by atoms with Crippen molar-refractivity contribution in [3.05, 3.63) is 0 Å². The van der Waals surface area contributed by atoms with Crippen molar-refractivity contribution in [2.75, 3.05) is 60.0 Å². The van der Waals surface area contributed by atoms with Gasteiger partial charge >= 0.3 is 0 Å². The molecule has 0 aromatic rings.